The van der Waals surface area contributed by atoms with E-state index in [1.54, 1.807) is 6.07 Å². The van der Waals surface area contributed by atoms with Crippen molar-refractivity contribution in [3.05, 3.63) is 23.8 Å². The number of nitrogens with zero attached hydrogens (tertiary/aromatic N) is 2. The van der Waals surface area contributed by atoms with Crippen molar-refractivity contribution in [2.45, 2.75) is 51.6 Å². The number of halogens is 3. The minimum Gasteiger partial charge on any atom is -0.371 e. The molecule has 1 aliphatic heterocycles. The third-order valence-corrected chi connectivity index (χ3v) is 3.42. The molecular formula is C16H23F3N2S. The SMILES string of the molecule is CC.CC.N#CSc1cc(N2CCCC2)cc(C(F)(F)F)c1. The van der Waals surface area contributed by atoms with Crippen LogP contribution in [0.4, 0.5) is 18.9 Å². The van der Waals surface area contributed by atoms with Crippen LogP contribution in [0.15, 0.2) is 23.1 Å². The molecule has 1 aliphatic rings. The van der Waals surface area contributed by atoms with Crippen molar-refractivity contribution in [2.24, 2.45) is 0 Å². The van der Waals surface area contributed by atoms with E-state index in [9.17, 15) is 13.2 Å². The zero-order valence-electron chi connectivity index (χ0n) is 13.5. The van der Waals surface area contributed by atoms with Gasteiger partial charge in [0.2, 0.25) is 0 Å². The monoisotopic (exact) mass is 332 g/mol. The first-order valence-corrected chi connectivity index (χ1v) is 8.35. The van der Waals surface area contributed by atoms with Gasteiger partial charge < -0.3 is 4.90 Å². The van der Waals surface area contributed by atoms with Crippen LogP contribution >= 0.6 is 11.8 Å². The summed E-state index contributed by atoms with van der Waals surface area (Å²) < 4.78 is 38.3. The summed E-state index contributed by atoms with van der Waals surface area (Å²) in [5.41, 5.74) is -0.135. The van der Waals surface area contributed by atoms with Crippen molar-refractivity contribution in [2.75, 3.05) is 18.0 Å². The molecule has 0 spiro atoms. The van der Waals surface area contributed by atoms with Crippen molar-refractivity contribution in [3.63, 3.8) is 0 Å². The maximum Gasteiger partial charge on any atom is 0.416 e. The number of hydrogen-bond donors (Lipinski definition) is 0. The zero-order valence-corrected chi connectivity index (χ0v) is 14.3. The molecule has 0 unspecified atom stereocenters. The maximum absolute atomic E-state index is 12.8. The molecule has 124 valence electrons. The molecule has 0 saturated carbocycles. The first kappa shape index (κ1) is 20.6. The molecule has 0 amide bonds. The predicted octanol–water partition coefficient (Wildman–Crippen LogP) is 5.93. The average Bonchev–Trinajstić information content (AvgIpc) is 3.05. The van der Waals surface area contributed by atoms with Gasteiger partial charge in [0.05, 0.1) is 5.56 Å². The Morgan fingerprint density at radius 3 is 2.05 bits per heavy atom. The van der Waals surface area contributed by atoms with Gasteiger partial charge in [-0.1, -0.05) is 27.7 Å². The second-order valence-electron chi connectivity index (χ2n) is 4.10. The van der Waals surface area contributed by atoms with Gasteiger partial charge in [0.1, 0.15) is 5.40 Å². The van der Waals surface area contributed by atoms with Crippen LogP contribution in [0.25, 0.3) is 0 Å². The molecule has 0 aromatic heterocycles. The second-order valence-corrected chi connectivity index (χ2v) is 4.96. The highest BCUT2D eigenvalue weighted by molar-refractivity contribution is 8.03. The second kappa shape index (κ2) is 10.4. The fourth-order valence-electron chi connectivity index (χ4n) is 2.02. The summed E-state index contributed by atoms with van der Waals surface area (Å²) in [6, 6.07) is 3.83. The summed E-state index contributed by atoms with van der Waals surface area (Å²) in [7, 11) is 0. The topological polar surface area (TPSA) is 27.0 Å². The van der Waals surface area contributed by atoms with E-state index in [1.807, 2.05) is 38.0 Å². The van der Waals surface area contributed by atoms with Gasteiger partial charge in [0, 0.05) is 23.7 Å². The third-order valence-electron chi connectivity index (χ3n) is 2.85. The number of anilines is 1. The summed E-state index contributed by atoms with van der Waals surface area (Å²) in [5, 5.41) is 10.4. The number of hydrogen-bond acceptors (Lipinski definition) is 3. The van der Waals surface area contributed by atoms with E-state index in [0.717, 1.165) is 49.8 Å². The molecule has 1 aromatic rings. The summed E-state index contributed by atoms with van der Waals surface area (Å²) in [5.74, 6) is 0. The molecule has 1 fully saturated rings. The summed E-state index contributed by atoms with van der Waals surface area (Å²) in [6.45, 7) is 9.55. The predicted molar refractivity (Wildman–Crippen MR) is 87.1 cm³/mol. The molecule has 22 heavy (non-hydrogen) atoms. The van der Waals surface area contributed by atoms with Crippen LogP contribution in [0.3, 0.4) is 0 Å². The van der Waals surface area contributed by atoms with E-state index in [2.05, 4.69) is 0 Å². The van der Waals surface area contributed by atoms with E-state index >= 15 is 0 Å². The maximum atomic E-state index is 12.8. The lowest BCUT2D eigenvalue weighted by Crippen LogP contribution is -2.18. The Morgan fingerprint density at radius 2 is 1.59 bits per heavy atom. The number of thiocyanates is 1. The molecule has 0 aliphatic carbocycles. The Bertz CT molecular complexity index is 475. The van der Waals surface area contributed by atoms with Crippen LogP contribution in [-0.4, -0.2) is 13.1 Å². The van der Waals surface area contributed by atoms with E-state index < -0.39 is 11.7 Å². The molecule has 0 N–H and O–H groups in total. The van der Waals surface area contributed by atoms with E-state index in [0.29, 0.717) is 10.6 Å². The molecular weight excluding hydrogens is 309 g/mol. The highest BCUT2D eigenvalue weighted by Crippen LogP contribution is 2.36. The lowest BCUT2D eigenvalue weighted by Gasteiger charge is -2.20. The lowest BCUT2D eigenvalue weighted by atomic mass is 10.2. The standard InChI is InChI=1S/C12H11F3N2S.2C2H6/c13-12(14,15)9-5-10(17-3-1-2-4-17)7-11(6-9)18-8-16;2*1-2/h5-7H,1-4H2;2*1-2H3. The van der Waals surface area contributed by atoms with Gasteiger partial charge in [-0.15, -0.1) is 0 Å². The molecule has 0 atom stereocenters. The van der Waals surface area contributed by atoms with Crippen LogP contribution in [-0.2, 0) is 6.18 Å². The Morgan fingerprint density at radius 1 is 1.05 bits per heavy atom. The average molecular weight is 332 g/mol. The molecule has 0 bridgehead atoms. The van der Waals surface area contributed by atoms with Crippen molar-refractivity contribution < 1.29 is 13.2 Å². The summed E-state index contributed by atoms with van der Waals surface area (Å²) >= 11 is 0.757. The minimum absolute atomic E-state index is 0.342. The van der Waals surface area contributed by atoms with Crippen molar-refractivity contribution in [3.8, 4) is 5.40 Å². The van der Waals surface area contributed by atoms with E-state index in [1.165, 1.54) is 0 Å². The Kier molecular flexibility index (Phi) is 9.75. The fraction of sp³-hybridized carbons (Fsp3) is 0.562. The van der Waals surface area contributed by atoms with Crippen LogP contribution in [0, 0.1) is 10.7 Å². The molecule has 2 rings (SSSR count). The van der Waals surface area contributed by atoms with Gasteiger partial charge in [0.15, 0.2) is 0 Å². The summed E-state index contributed by atoms with van der Waals surface area (Å²) in [4.78, 5) is 2.27. The normalized spacial score (nSPS) is 13.5. The highest BCUT2D eigenvalue weighted by atomic mass is 32.2. The van der Waals surface area contributed by atoms with Crippen LogP contribution < -0.4 is 4.90 Å². The Labute approximate surface area is 135 Å². The van der Waals surface area contributed by atoms with Gasteiger partial charge in [0.25, 0.3) is 0 Å². The molecule has 1 aromatic carbocycles. The number of alkyl halides is 3. The molecule has 2 nitrogen and oxygen atoms in total. The van der Waals surface area contributed by atoms with Gasteiger partial charge in [-0.05, 0) is 42.8 Å². The van der Waals surface area contributed by atoms with Gasteiger partial charge in [-0.25, -0.2) is 0 Å². The van der Waals surface area contributed by atoms with Crippen molar-refractivity contribution in [1.29, 1.82) is 5.26 Å². The van der Waals surface area contributed by atoms with Crippen molar-refractivity contribution in [1.82, 2.24) is 0 Å². The molecule has 0 radical (unpaired) electrons. The zero-order chi connectivity index (χ0) is 17.2. The van der Waals surface area contributed by atoms with Gasteiger partial charge >= 0.3 is 6.18 Å². The Hall–Kier alpha value is -1.35. The van der Waals surface area contributed by atoms with E-state index in [4.69, 9.17) is 5.26 Å². The fourth-order valence-corrected chi connectivity index (χ4v) is 2.49. The largest absolute Gasteiger partial charge is 0.416 e. The lowest BCUT2D eigenvalue weighted by molar-refractivity contribution is -0.137. The van der Waals surface area contributed by atoms with Gasteiger partial charge in [-0.3, -0.25) is 0 Å². The highest BCUT2D eigenvalue weighted by Gasteiger charge is 2.32. The molecule has 6 heteroatoms. The number of nitriles is 1. The molecule has 1 heterocycles. The van der Waals surface area contributed by atoms with Crippen LogP contribution in [0.5, 0.6) is 0 Å². The minimum atomic E-state index is -4.37. The third kappa shape index (κ3) is 6.18. The first-order valence-electron chi connectivity index (χ1n) is 7.54. The quantitative estimate of drug-likeness (QED) is 0.496. The molecule has 1 saturated heterocycles. The smallest absolute Gasteiger partial charge is 0.371 e. The number of rotatable bonds is 2. The summed E-state index contributed by atoms with van der Waals surface area (Å²) in [6.07, 6.45) is -2.38. The van der Waals surface area contributed by atoms with Crippen molar-refractivity contribution >= 4 is 17.4 Å². The van der Waals surface area contributed by atoms with Crippen LogP contribution in [0.2, 0.25) is 0 Å². The van der Waals surface area contributed by atoms with E-state index in [-0.39, 0.29) is 0 Å². The number of thioether (sulfide) groups is 1. The van der Waals surface area contributed by atoms with Crippen LogP contribution in [0.1, 0.15) is 46.1 Å². The Balaban J connectivity index is 0.00000102. The number of benzene rings is 1. The van der Waals surface area contributed by atoms with Gasteiger partial charge in [-0.2, -0.15) is 18.4 Å². The first-order chi connectivity index (χ1) is 10.5.